The van der Waals surface area contributed by atoms with Crippen molar-refractivity contribution in [3.63, 3.8) is 0 Å². The summed E-state index contributed by atoms with van der Waals surface area (Å²) >= 11 is 0. The van der Waals surface area contributed by atoms with Gasteiger partial charge in [0.15, 0.2) is 0 Å². The Labute approximate surface area is 153 Å². The molecule has 7 heteroatoms. The smallest absolute Gasteiger partial charge is 0.240 e. The highest BCUT2D eigenvalue weighted by Gasteiger charge is 2.31. The zero-order valence-corrected chi connectivity index (χ0v) is 15.4. The van der Waals surface area contributed by atoms with Gasteiger partial charge in [0.2, 0.25) is 11.8 Å². The molecule has 0 radical (unpaired) electrons. The minimum Gasteiger partial charge on any atom is -0.343 e. The molecule has 0 aromatic heterocycles. The predicted molar refractivity (Wildman–Crippen MR) is 95.3 cm³/mol. The van der Waals surface area contributed by atoms with Gasteiger partial charge in [0, 0.05) is 38.8 Å². The van der Waals surface area contributed by atoms with Crippen molar-refractivity contribution in [2.24, 2.45) is 0 Å². The normalized spacial score (nSPS) is 17.5. The van der Waals surface area contributed by atoms with Crippen LogP contribution >= 0.6 is 0 Å². The van der Waals surface area contributed by atoms with E-state index in [4.69, 9.17) is 0 Å². The van der Waals surface area contributed by atoms with Crippen molar-refractivity contribution in [1.82, 2.24) is 15.1 Å². The van der Waals surface area contributed by atoms with Gasteiger partial charge in [0.25, 0.3) is 0 Å². The van der Waals surface area contributed by atoms with Crippen molar-refractivity contribution < 1.29 is 18.4 Å². The number of rotatable bonds is 8. The van der Waals surface area contributed by atoms with Crippen LogP contribution in [0.25, 0.3) is 0 Å². The molecule has 1 fully saturated rings. The predicted octanol–water partition coefficient (Wildman–Crippen LogP) is 2.30. The van der Waals surface area contributed by atoms with Crippen LogP contribution in [0.1, 0.15) is 38.7 Å². The van der Waals surface area contributed by atoms with Gasteiger partial charge >= 0.3 is 0 Å². The Bertz CT molecular complexity index is 613. The van der Waals surface area contributed by atoms with E-state index in [0.717, 1.165) is 18.9 Å². The Morgan fingerprint density at radius 1 is 1.19 bits per heavy atom. The van der Waals surface area contributed by atoms with Gasteiger partial charge in [-0.1, -0.05) is 13.8 Å². The molecule has 1 aliphatic rings. The Hall–Kier alpha value is -2.02. The number of amides is 2. The van der Waals surface area contributed by atoms with Crippen LogP contribution in [0.4, 0.5) is 8.78 Å². The fourth-order valence-corrected chi connectivity index (χ4v) is 3.24. The van der Waals surface area contributed by atoms with Crippen molar-refractivity contribution >= 4 is 11.8 Å². The van der Waals surface area contributed by atoms with Gasteiger partial charge in [-0.25, -0.2) is 8.78 Å². The van der Waals surface area contributed by atoms with Crippen LogP contribution in [0.15, 0.2) is 18.2 Å². The number of nitrogens with one attached hydrogen (secondary N) is 1. The molecule has 0 bridgehead atoms. The number of benzene rings is 1. The lowest BCUT2D eigenvalue weighted by atomic mass is 10.1. The molecule has 1 N–H and O–H groups in total. The molecule has 0 spiro atoms. The van der Waals surface area contributed by atoms with Crippen LogP contribution in [-0.2, 0) is 16.1 Å². The molecule has 26 heavy (non-hydrogen) atoms. The van der Waals surface area contributed by atoms with Gasteiger partial charge in [-0.15, -0.1) is 0 Å². The number of piperazine rings is 1. The van der Waals surface area contributed by atoms with E-state index in [9.17, 15) is 18.4 Å². The highest BCUT2D eigenvalue weighted by molar-refractivity contribution is 5.89. The summed E-state index contributed by atoms with van der Waals surface area (Å²) in [4.78, 5) is 28.5. The molecule has 2 rings (SSSR count). The van der Waals surface area contributed by atoms with E-state index in [1.54, 1.807) is 9.80 Å². The largest absolute Gasteiger partial charge is 0.343 e. The molecule has 1 heterocycles. The van der Waals surface area contributed by atoms with Crippen molar-refractivity contribution in [2.75, 3.05) is 26.2 Å². The van der Waals surface area contributed by atoms with Crippen LogP contribution < -0.4 is 5.32 Å². The summed E-state index contributed by atoms with van der Waals surface area (Å²) in [5.74, 6) is -1.58. The van der Waals surface area contributed by atoms with Crippen LogP contribution in [-0.4, -0.2) is 53.8 Å². The Morgan fingerprint density at radius 2 is 1.81 bits per heavy atom. The highest BCUT2D eigenvalue weighted by atomic mass is 19.1. The number of hydrogen-bond acceptors (Lipinski definition) is 3. The fourth-order valence-electron chi connectivity index (χ4n) is 3.24. The van der Waals surface area contributed by atoms with E-state index < -0.39 is 17.7 Å². The van der Waals surface area contributed by atoms with Crippen LogP contribution in [0.5, 0.6) is 0 Å². The first kappa shape index (κ1) is 20.3. The lowest BCUT2D eigenvalue weighted by molar-refractivity contribution is -0.141. The van der Waals surface area contributed by atoms with Gasteiger partial charge in [-0.05, 0) is 30.5 Å². The van der Waals surface area contributed by atoms with Crippen molar-refractivity contribution in [1.29, 1.82) is 0 Å². The molecule has 1 saturated heterocycles. The third-order valence-electron chi connectivity index (χ3n) is 4.40. The maximum atomic E-state index is 13.4. The standard InChI is InChI=1S/C19H27F2N3O2/c1-3-6-23(7-4-2)18(25)12-17-19(26)24(8-5-22-17)13-14-9-15(20)11-16(21)10-14/h9-11,17,22H,3-8,12-13H2,1-2H3. The highest BCUT2D eigenvalue weighted by Crippen LogP contribution is 2.14. The van der Waals surface area contributed by atoms with E-state index in [1.165, 1.54) is 12.1 Å². The molecule has 2 amide bonds. The number of nitrogens with zero attached hydrogens (tertiary/aromatic N) is 2. The average molecular weight is 367 g/mol. The second kappa shape index (κ2) is 9.62. The Kier molecular flexibility index (Phi) is 7.50. The summed E-state index contributed by atoms with van der Waals surface area (Å²) in [6, 6.07) is 2.66. The average Bonchev–Trinajstić information content (AvgIpc) is 2.57. The van der Waals surface area contributed by atoms with Gasteiger partial charge in [-0.3, -0.25) is 9.59 Å². The van der Waals surface area contributed by atoms with E-state index in [1.807, 2.05) is 13.8 Å². The second-order valence-electron chi connectivity index (χ2n) is 6.63. The summed E-state index contributed by atoms with van der Waals surface area (Å²) < 4.78 is 26.7. The minimum atomic E-state index is -0.663. The van der Waals surface area contributed by atoms with Gasteiger partial charge in [0.1, 0.15) is 11.6 Å². The molecule has 1 unspecified atom stereocenters. The fraction of sp³-hybridized carbons (Fsp3) is 0.579. The van der Waals surface area contributed by atoms with Gasteiger partial charge < -0.3 is 15.1 Å². The van der Waals surface area contributed by atoms with Crippen molar-refractivity contribution in [2.45, 2.75) is 45.7 Å². The molecular weight excluding hydrogens is 340 g/mol. The summed E-state index contributed by atoms with van der Waals surface area (Å²) in [5, 5.41) is 3.09. The Balaban J connectivity index is 2.00. The SMILES string of the molecule is CCCN(CCC)C(=O)CC1NCCN(Cc2cc(F)cc(F)c2)C1=O. The molecule has 1 atom stereocenters. The van der Waals surface area contributed by atoms with E-state index >= 15 is 0 Å². The van der Waals surface area contributed by atoms with Crippen molar-refractivity contribution in [3.8, 4) is 0 Å². The molecule has 0 saturated carbocycles. The van der Waals surface area contributed by atoms with Crippen molar-refractivity contribution in [3.05, 3.63) is 35.4 Å². The number of carbonyl (C=O) groups is 2. The zero-order chi connectivity index (χ0) is 19.1. The van der Waals surface area contributed by atoms with E-state index in [2.05, 4.69) is 5.32 Å². The topological polar surface area (TPSA) is 52.7 Å². The quantitative estimate of drug-likeness (QED) is 0.767. The molecule has 144 valence electrons. The molecule has 0 aliphatic carbocycles. The van der Waals surface area contributed by atoms with Gasteiger partial charge in [-0.2, -0.15) is 0 Å². The lowest BCUT2D eigenvalue weighted by Crippen LogP contribution is -2.56. The number of hydrogen-bond donors (Lipinski definition) is 1. The molecule has 1 aromatic rings. The summed E-state index contributed by atoms with van der Waals surface area (Å²) in [7, 11) is 0. The third-order valence-corrected chi connectivity index (χ3v) is 4.40. The first-order valence-electron chi connectivity index (χ1n) is 9.19. The first-order chi connectivity index (χ1) is 12.4. The van der Waals surface area contributed by atoms with E-state index in [-0.39, 0.29) is 24.8 Å². The van der Waals surface area contributed by atoms with E-state index in [0.29, 0.717) is 31.7 Å². The zero-order valence-electron chi connectivity index (χ0n) is 15.4. The van der Waals surface area contributed by atoms with Crippen LogP contribution in [0.2, 0.25) is 0 Å². The number of carbonyl (C=O) groups excluding carboxylic acids is 2. The lowest BCUT2D eigenvalue weighted by Gasteiger charge is -2.34. The maximum absolute atomic E-state index is 13.4. The minimum absolute atomic E-state index is 0.0433. The first-order valence-corrected chi connectivity index (χ1v) is 9.19. The monoisotopic (exact) mass is 367 g/mol. The third kappa shape index (κ3) is 5.49. The summed E-state index contributed by atoms with van der Waals surface area (Å²) in [6.07, 6.45) is 1.84. The molecular formula is C19H27F2N3O2. The molecule has 1 aromatic carbocycles. The second-order valence-corrected chi connectivity index (χ2v) is 6.63. The molecule has 5 nitrogen and oxygen atoms in total. The molecule has 1 aliphatic heterocycles. The maximum Gasteiger partial charge on any atom is 0.240 e. The summed E-state index contributed by atoms with van der Waals surface area (Å²) in [5.41, 5.74) is 0.404. The number of halogens is 2. The van der Waals surface area contributed by atoms with Gasteiger partial charge in [0.05, 0.1) is 12.5 Å². The summed E-state index contributed by atoms with van der Waals surface area (Å²) in [6.45, 7) is 6.51. The van der Waals surface area contributed by atoms with Crippen LogP contribution in [0, 0.1) is 11.6 Å². The van der Waals surface area contributed by atoms with Crippen LogP contribution in [0.3, 0.4) is 0 Å². The Morgan fingerprint density at radius 3 is 2.38 bits per heavy atom.